The van der Waals surface area contributed by atoms with Gasteiger partial charge in [0.2, 0.25) is 0 Å². The van der Waals surface area contributed by atoms with Crippen LogP contribution < -0.4 is 10.9 Å². The summed E-state index contributed by atoms with van der Waals surface area (Å²) in [7, 11) is 0. The standard InChI is InChI=1S/C24H30N4O3S2/c1-3-4-5-6-11-27-23(30)19(33-24(27)32)13-18-21(25-14-17-8-7-12-31-17)26-20-10-9-16(2)15-28(20)22(18)29/h9-10,13,15,17,25H,3-8,11-12,14H2,1-2H3/b19-13+. The lowest BCUT2D eigenvalue weighted by atomic mass is 10.2. The summed E-state index contributed by atoms with van der Waals surface area (Å²) in [6, 6.07) is 3.75. The zero-order chi connectivity index (χ0) is 23.4. The fourth-order valence-electron chi connectivity index (χ4n) is 4.06. The Balaban J connectivity index is 1.66. The lowest BCUT2D eigenvalue weighted by Crippen LogP contribution is -2.29. The van der Waals surface area contributed by atoms with Crippen molar-refractivity contribution in [2.75, 3.05) is 25.0 Å². The van der Waals surface area contributed by atoms with Crippen molar-refractivity contribution in [2.24, 2.45) is 0 Å². The summed E-state index contributed by atoms with van der Waals surface area (Å²) in [4.78, 5) is 33.3. The van der Waals surface area contributed by atoms with Gasteiger partial charge in [-0.25, -0.2) is 4.98 Å². The van der Waals surface area contributed by atoms with Crippen molar-refractivity contribution >= 4 is 51.7 Å². The van der Waals surface area contributed by atoms with E-state index in [0.29, 0.717) is 39.3 Å². The summed E-state index contributed by atoms with van der Waals surface area (Å²) in [5, 5.41) is 3.30. The van der Waals surface area contributed by atoms with Crippen molar-refractivity contribution in [3.63, 3.8) is 0 Å². The molecule has 4 rings (SSSR count). The molecule has 1 amide bonds. The molecule has 4 heterocycles. The largest absolute Gasteiger partial charge is 0.376 e. The molecule has 0 bridgehead atoms. The van der Waals surface area contributed by atoms with Crippen LogP contribution in [0.4, 0.5) is 5.82 Å². The zero-order valence-electron chi connectivity index (χ0n) is 19.1. The summed E-state index contributed by atoms with van der Waals surface area (Å²) in [5.41, 5.74) is 1.66. The van der Waals surface area contributed by atoms with Gasteiger partial charge < -0.3 is 10.1 Å². The summed E-state index contributed by atoms with van der Waals surface area (Å²) in [6.07, 6.45) is 9.79. The highest BCUT2D eigenvalue weighted by Crippen LogP contribution is 2.33. The van der Waals surface area contributed by atoms with Crippen LogP contribution in [0.1, 0.15) is 56.6 Å². The number of carbonyl (C=O) groups excluding carboxylic acids is 1. The van der Waals surface area contributed by atoms with Gasteiger partial charge in [-0.1, -0.05) is 56.2 Å². The van der Waals surface area contributed by atoms with Crippen molar-refractivity contribution in [3.8, 4) is 0 Å². The molecule has 2 aliphatic heterocycles. The van der Waals surface area contributed by atoms with Gasteiger partial charge in [0.25, 0.3) is 11.5 Å². The number of pyridine rings is 1. The minimum absolute atomic E-state index is 0.0949. The first-order valence-corrected chi connectivity index (χ1v) is 12.8. The molecule has 0 aromatic carbocycles. The third-order valence-corrected chi connectivity index (χ3v) is 7.29. The number of thioether (sulfide) groups is 1. The summed E-state index contributed by atoms with van der Waals surface area (Å²) in [6.45, 7) is 6.02. The Kier molecular flexibility index (Phi) is 7.82. The number of carbonyl (C=O) groups is 1. The average Bonchev–Trinajstić information content (AvgIpc) is 3.41. The summed E-state index contributed by atoms with van der Waals surface area (Å²) < 4.78 is 7.78. The number of hydrogen-bond acceptors (Lipinski definition) is 7. The third kappa shape index (κ3) is 5.47. The number of amides is 1. The molecule has 2 aromatic heterocycles. The number of ether oxygens (including phenoxy) is 1. The van der Waals surface area contributed by atoms with Crippen LogP contribution in [0, 0.1) is 6.92 Å². The number of rotatable bonds is 9. The van der Waals surface area contributed by atoms with Crippen molar-refractivity contribution in [3.05, 3.63) is 44.7 Å². The van der Waals surface area contributed by atoms with Crippen molar-refractivity contribution in [1.29, 1.82) is 0 Å². The number of nitrogens with one attached hydrogen (secondary N) is 1. The van der Waals surface area contributed by atoms with Crippen LogP contribution in [0.2, 0.25) is 0 Å². The predicted octanol–water partition coefficient (Wildman–Crippen LogP) is 4.38. The fourth-order valence-corrected chi connectivity index (χ4v) is 5.35. The van der Waals surface area contributed by atoms with E-state index in [1.807, 2.05) is 19.1 Å². The second-order valence-electron chi connectivity index (χ2n) is 8.52. The van der Waals surface area contributed by atoms with E-state index >= 15 is 0 Å². The second-order valence-corrected chi connectivity index (χ2v) is 10.2. The lowest BCUT2D eigenvalue weighted by molar-refractivity contribution is -0.122. The summed E-state index contributed by atoms with van der Waals surface area (Å²) >= 11 is 6.72. The lowest BCUT2D eigenvalue weighted by Gasteiger charge is -2.15. The van der Waals surface area contributed by atoms with E-state index in [1.54, 1.807) is 17.2 Å². The molecule has 2 aliphatic rings. The second kappa shape index (κ2) is 10.8. The SMILES string of the molecule is CCCCCCN1C(=O)/C(=C\c2c(NCC3CCCO3)nc3ccc(C)cn3c2=O)SC1=S. The maximum atomic E-state index is 13.4. The first kappa shape index (κ1) is 23.9. The van der Waals surface area contributed by atoms with E-state index in [1.165, 1.54) is 16.2 Å². The predicted molar refractivity (Wildman–Crippen MR) is 138 cm³/mol. The van der Waals surface area contributed by atoms with E-state index in [0.717, 1.165) is 50.7 Å². The quantitative estimate of drug-likeness (QED) is 0.320. The van der Waals surface area contributed by atoms with E-state index in [-0.39, 0.29) is 17.6 Å². The third-order valence-electron chi connectivity index (χ3n) is 5.91. The number of unbranched alkanes of at least 4 members (excludes halogenated alkanes) is 3. The molecule has 9 heteroatoms. The molecular formula is C24H30N4O3S2. The Labute approximate surface area is 203 Å². The molecule has 1 unspecified atom stereocenters. The van der Waals surface area contributed by atoms with Gasteiger partial charge in [-0.3, -0.25) is 18.9 Å². The molecule has 7 nitrogen and oxygen atoms in total. The molecule has 176 valence electrons. The summed E-state index contributed by atoms with van der Waals surface area (Å²) in [5.74, 6) is 0.327. The van der Waals surface area contributed by atoms with Crippen LogP contribution in [0.5, 0.6) is 0 Å². The van der Waals surface area contributed by atoms with Gasteiger partial charge in [0.15, 0.2) is 0 Å². The van der Waals surface area contributed by atoms with E-state index in [9.17, 15) is 9.59 Å². The molecule has 1 N–H and O–H groups in total. The van der Waals surface area contributed by atoms with Gasteiger partial charge in [0.1, 0.15) is 15.8 Å². The number of anilines is 1. The van der Waals surface area contributed by atoms with E-state index in [4.69, 9.17) is 21.9 Å². The molecule has 2 saturated heterocycles. The van der Waals surface area contributed by atoms with Gasteiger partial charge in [0.05, 0.1) is 16.6 Å². The van der Waals surface area contributed by atoms with Crippen LogP contribution in [-0.4, -0.2) is 50.3 Å². The van der Waals surface area contributed by atoms with E-state index < -0.39 is 0 Å². The fraction of sp³-hybridized carbons (Fsp3) is 0.500. The molecule has 2 fully saturated rings. The highest BCUT2D eigenvalue weighted by atomic mass is 32.2. The molecular weight excluding hydrogens is 456 g/mol. The maximum Gasteiger partial charge on any atom is 0.267 e. The van der Waals surface area contributed by atoms with Crippen LogP contribution in [-0.2, 0) is 9.53 Å². The smallest absolute Gasteiger partial charge is 0.267 e. The van der Waals surface area contributed by atoms with Crippen LogP contribution in [0.15, 0.2) is 28.0 Å². The normalized spacial score (nSPS) is 19.9. The first-order chi connectivity index (χ1) is 16.0. The zero-order valence-corrected chi connectivity index (χ0v) is 20.8. The molecule has 0 spiro atoms. The Morgan fingerprint density at radius 1 is 1.30 bits per heavy atom. The van der Waals surface area contributed by atoms with Crippen molar-refractivity contribution in [2.45, 2.75) is 58.5 Å². The molecule has 0 radical (unpaired) electrons. The minimum atomic E-state index is -0.216. The highest BCUT2D eigenvalue weighted by Gasteiger charge is 2.32. The van der Waals surface area contributed by atoms with Crippen LogP contribution in [0.3, 0.4) is 0 Å². The number of hydrogen-bond donors (Lipinski definition) is 1. The number of aryl methyl sites for hydroxylation is 1. The first-order valence-electron chi connectivity index (χ1n) is 11.6. The Hall–Kier alpha value is -2.23. The Bertz CT molecular complexity index is 1140. The topological polar surface area (TPSA) is 75.9 Å². The molecule has 0 aliphatic carbocycles. The van der Waals surface area contributed by atoms with Gasteiger partial charge in [0, 0.05) is 25.9 Å². The molecule has 0 saturated carbocycles. The monoisotopic (exact) mass is 486 g/mol. The molecule has 33 heavy (non-hydrogen) atoms. The van der Waals surface area contributed by atoms with Gasteiger partial charge in [-0.15, -0.1) is 0 Å². The number of nitrogens with zero attached hydrogens (tertiary/aromatic N) is 3. The number of thiocarbonyl (C=S) groups is 1. The number of fused-ring (bicyclic) bond motifs is 1. The molecule has 1 atom stereocenters. The van der Waals surface area contributed by atoms with Gasteiger partial charge in [-0.05, 0) is 43.9 Å². The van der Waals surface area contributed by atoms with Crippen LogP contribution >= 0.6 is 24.0 Å². The highest BCUT2D eigenvalue weighted by molar-refractivity contribution is 8.26. The average molecular weight is 487 g/mol. The van der Waals surface area contributed by atoms with Crippen LogP contribution in [0.25, 0.3) is 11.7 Å². The van der Waals surface area contributed by atoms with Crippen molar-refractivity contribution < 1.29 is 9.53 Å². The Morgan fingerprint density at radius 3 is 2.91 bits per heavy atom. The minimum Gasteiger partial charge on any atom is -0.376 e. The molecule has 2 aromatic rings. The van der Waals surface area contributed by atoms with E-state index in [2.05, 4.69) is 12.2 Å². The van der Waals surface area contributed by atoms with Gasteiger partial charge >= 0.3 is 0 Å². The maximum absolute atomic E-state index is 13.4. The number of aromatic nitrogens is 2. The Morgan fingerprint density at radius 2 is 2.15 bits per heavy atom. The van der Waals surface area contributed by atoms with Gasteiger partial charge in [-0.2, -0.15) is 0 Å². The van der Waals surface area contributed by atoms with Crippen molar-refractivity contribution in [1.82, 2.24) is 14.3 Å².